The third-order valence-electron chi connectivity index (χ3n) is 2.17. The van der Waals surface area contributed by atoms with Gasteiger partial charge in [-0.25, -0.2) is 9.48 Å². The van der Waals surface area contributed by atoms with Crippen molar-refractivity contribution in [1.29, 1.82) is 0 Å². The maximum atomic E-state index is 10.5. The number of aromatic nitrogens is 3. The number of aromatic carboxylic acids is 1. The van der Waals surface area contributed by atoms with Crippen molar-refractivity contribution in [1.82, 2.24) is 15.0 Å². The fourth-order valence-electron chi connectivity index (χ4n) is 1.48. The molecule has 6 heteroatoms. The zero-order chi connectivity index (χ0) is 9.97. The van der Waals surface area contributed by atoms with Crippen molar-refractivity contribution in [3.8, 4) is 0 Å². The molecular weight excluding hydrogens is 186 g/mol. The summed E-state index contributed by atoms with van der Waals surface area (Å²) in [4.78, 5) is 10.5. The van der Waals surface area contributed by atoms with Crippen LogP contribution in [0.5, 0.6) is 0 Å². The van der Waals surface area contributed by atoms with Crippen molar-refractivity contribution in [2.45, 2.75) is 25.5 Å². The lowest BCUT2D eigenvalue weighted by molar-refractivity contribution is 0.0690. The van der Waals surface area contributed by atoms with Gasteiger partial charge in [0.1, 0.15) is 0 Å². The van der Waals surface area contributed by atoms with Crippen LogP contribution >= 0.6 is 0 Å². The van der Waals surface area contributed by atoms with Gasteiger partial charge in [0.15, 0.2) is 5.69 Å². The normalized spacial score (nSPS) is 21.3. The molecule has 1 aromatic heterocycles. The molecule has 0 amide bonds. The number of carboxylic acid groups (broad SMARTS) is 1. The van der Waals surface area contributed by atoms with Crippen molar-refractivity contribution < 1.29 is 14.6 Å². The van der Waals surface area contributed by atoms with E-state index in [1.54, 1.807) is 0 Å². The van der Waals surface area contributed by atoms with E-state index < -0.39 is 5.97 Å². The number of nitrogens with zero attached hydrogens (tertiary/aromatic N) is 3. The molecule has 1 aliphatic heterocycles. The first-order valence-electron chi connectivity index (χ1n) is 4.51. The minimum Gasteiger partial charge on any atom is -0.476 e. The molecule has 0 aliphatic carbocycles. The highest BCUT2D eigenvalue weighted by atomic mass is 16.5. The Kier molecular flexibility index (Phi) is 2.45. The molecule has 1 aromatic rings. The van der Waals surface area contributed by atoms with Gasteiger partial charge >= 0.3 is 5.97 Å². The molecule has 1 aliphatic rings. The largest absolute Gasteiger partial charge is 0.476 e. The minimum atomic E-state index is -1.05. The molecule has 1 atom stereocenters. The molecule has 2 rings (SSSR count). The van der Waals surface area contributed by atoms with Gasteiger partial charge in [-0.05, 0) is 12.8 Å². The van der Waals surface area contributed by atoms with E-state index in [1.165, 1.54) is 10.9 Å². The van der Waals surface area contributed by atoms with Gasteiger partial charge in [-0.1, -0.05) is 5.21 Å². The molecule has 14 heavy (non-hydrogen) atoms. The van der Waals surface area contributed by atoms with E-state index in [0.717, 1.165) is 19.4 Å². The molecule has 2 heterocycles. The summed E-state index contributed by atoms with van der Waals surface area (Å²) in [5.41, 5.74) is -0.0250. The number of rotatable bonds is 3. The van der Waals surface area contributed by atoms with Crippen molar-refractivity contribution in [2.24, 2.45) is 0 Å². The quantitative estimate of drug-likeness (QED) is 0.746. The highest BCUT2D eigenvalue weighted by Crippen LogP contribution is 2.13. The second kappa shape index (κ2) is 3.75. The molecule has 0 bridgehead atoms. The molecule has 0 aromatic carbocycles. The van der Waals surface area contributed by atoms with Crippen LogP contribution in [-0.2, 0) is 11.3 Å². The van der Waals surface area contributed by atoms with Gasteiger partial charge in [-0.3, -0.25) is 0 Å². The average molecular weight is 197 g/mol. The van der Waals surface area contributed by atoms with E-state index in [1.807, 2.05) is 0 Å². The number of hydrogen-bond acceptors (Lipinski definition) is 4. The molecule has 76 valence electrons. The van der Waals surface area contributed by atoms with E-state index in [2.05, 4.69) is 10.3 Å². The lowest BCUT2D eigenvalue weighted by Crippen LogP contribution is -2.15. The third-order valence-corrected chi connectivity index (χ3v) is 2.17. The monoisotopic (exact) mass is 197 g/mol. The smallest absolute Gasteiger partial charge is 0.358 e. The van der Waals surface area contributed by atoms with E-state index >= 15 is 0 Å². The van der Waals surface area contributed by atoms with Crippen molar-refractivity contribution >= 4 is 5.97 Å². The van der Waals surface area contributed by atoms with Gasteiger partial charge in [0, 0.05) is 6.61 Å². The van der Waals surface area contributed by atoms with Gasteiger partial charge in [0.05, 0.1) is 18.8 Å². The Morgan fingerprint density at radius 3 is 3.21 bits per heavy atom. The average Bonchev–Trinajstić information content (AvgIpc) is 2.75. The molecule has 0 spiro atoms. The summed E-state index contributed by atoms with van der Waals surface area (Å²) in [5, 5.41) is 15.8. The van der Waals surface area contributed by atoms with Crippen LogP contribution in [0.4, 0.5) is 0 Å². The van der Waals surface area contributed by atoms with E-state index in [4.69, 9.17) is 9.84 Å². The summed E-state index contributed by atoms with van der Waals surface area (Å²) in [5.74, 6) is -1.05. The molecule has 1 saturated heterocycles. The summed E-state index contributed by atoms with van der Waals surface area (Å²) in [6.45, 7) is 1.37. The predicted octanol–water partition coefficient (Wildman–Crippen LogP) is 0.155. The highest BCUT2D eigenvalue weighted by molar-refractivity contribution is 5.84. The van der Waals surface area contributed by atoms with E-state index in [-0.39, 0.29) is 11.8 Å². The summed E-state index contributed by atoms with van der Waals surface area (Å²) < 4.78 is 6.90. The standard InChI is InChI=1S/C8H11N3O3/c12-8(13)7-5-11(10-9-7)4-6-2-1-3-14-6/h5-6H,1-4H2,(H,12,13)/t6-/m1/s1. The van der Waals surface area contributed by atoms with Gasteiger partial charge in [-0.15, -0.1) is 5.10 Å². The molecular formula is C8H11N3O3. The summed E-state index contributed by atoms with van der Waals surface area (Å²) in [6, 6.07) is 0. The fourth-order valence-corrected chi connectivity index (χ4v) is 1.48. The molecule has 1 fully saturated rings. The Morgan fingerprint density at radius 2 is 2.64 bits per heavy atom. The fraction of sp³-hybridized carbons (Fsp3) is 0.625. The Hall–Kier alpha value is -1.43. The first-order chi connectivity index (χ1) is 6.75. The maximum Gasteiger partial charge on any atom is 0.358 e. The van der Waals surface area contributed by atoms with Gasteiger partial charge < -0.3 is 9.84 Å². The number of carbonyl (C=O) groups is 1. The summed E-state index contributed by atoms with van der Waals surface area (Å²) in [7, 11) is 0. The van der Waals surface area contributed by atoms with Crippen LogP contribution in [0.1, 0.15) is 23.3 Å². The zero-order valence-electron chi connectivity index (χ0n) is 7.59. The highest BCUT2D eigenvalue weighted by Gasteiger charge is 2.17. The molecule has 6 nitrogen and oxygen atoms in total. The molecule has 1 N–H and O–H groups in total. The Morgan fingerprint density at radius 1 is 1.79 bits per heavy atom. The summed E-state index contributed by atoms with van der Waals surface area (Å²) in [6.07, 6.45) is 3.63. The van der Waals surface area contributed by atoms with Gasteiger partial charge in [-0.2, -0.15) is 0 Å². The second-order valence-corrected chi connectivity index (χ2v) is 3.27. The number of carboxylic acids is 1. The summed E-state index contributed by atoms with van der Waals surface area (Å²) >= 11 is 0. The Labute approximate surface area is 80.5 Å². The van der Waals surface area contributed by atoms with Crippen molar-refractivity contribution in [3.05, 3.63) is 11.9 Å². The maximum absolute atomic E-state index is 10.5. The topological polar surface area (TPSA) is 77.2 Å². The van der Waals surface area contributed by atoms with E-state index in [9.17, 15) is 4.79 Å². The number of hydrogen-bond donors (Lipinski definition) is 1. The Balaban J connectivity index is 1.98. The van der Waals surface area contributed by atoms with Crippen LogP contribution in [0.25, 0.3) is 0 Å². The van der Waals surface area contributed by atoms with Crippen molar-refractivity contribution in [2.75, 3.05) is 6.61 Å². The number of ether oxygens (including phenoxy) is 1. The lowest BCUT2D eigenvalue weighted by Gasteiger charge is -2.07. The molecule has 0 saturated carbocycles. The predicted molar refractivity (Wildman–Crippen MR) is 46.0 cm³/mol. The van der Waals surface area contributed by atoms with Crippen molar-refractivity contribution in [3.63, 3.8) is 0 Å². The van der Waals surface area contributed by atoms with Crippen LogP contribution in [-0.4, -0.2) is 38.8 Å². The molecule has 0 radical (unpaired) electrons. The van der Waals surface area contributed by atoms with Gasteiger partial charge in [0.25, 0.3) is 0 Å². The SMILES string of the molecule is O=C(O)c1cn(C[C@H]2CCCO2)nn1. The van der Waals surface area contributed by atoms with Crippen LogP contribution in [0.3, 0.4) is 0 Å². The van der Waals surface area contributed by atoms with Crippen LogP contribution in [0.2, 0.25) is 0 Å². The lowest BCUT2D eigenvalue weighted by atomic mass is 10.2. The van der Waals surface area contributed by atoms with E-state index in [0.29, 0.717) is 6.54 Å². The van der Waals surface area contributed by atoms with Crippen LogP contribution in [0.15, 0.2) is 6.20 Å². The third kappa shape index (κ3) is 1.90. The Bertz CT molecular complexity index is 330. The van der Waals surface area contributed by atoms with Crippen LogP contribution in [0, 0.1) is 0 Å². The zero-order valence-corrected chi connectivity index (χ0v) is 7.59. The second-order valence-electron chi connectivity index (χ2n) is 3.27. The first-order valence-corrected chi connectivity index (χ1v) is 4.51. The van der Waals surface area contributed by atoms with Crippen LogP contribution < -0.4 is 0 Å². The first kappa shape index (κ1) is 9.14. The van der Waals surface area contributed by atoms with Gasteiger partial charge in [0.2, 0.25) is 0 Å². The minimum absolute atomic E-state index is 0.0250. The molecule has 0 unspecified atom stereocenters.